The van der Waals surface area contributed by atoms with Crippen LogP contribution in [-0.4, -0.2) is 48.3 Å². The number of rotatable bonds is 4. The lowest BCUT2D eigenvalue weighted by Crippen LogP contribution is -2.64. The van der Waals surface area contributed by atoms with Crippen LogP contribution in [0.25, 0.3) is 0 Å². The second-order valence-corrected chi connectivity index (χ2v) is 7.18. The summed E-state index contributed by atoms with van der Waals surface area (Å²) in [4.78, 5) is 2.69. The molecule has 2 fully saturated rings. The maximum atomic E-state index is 6.03. The van der Waals surface area contributed by atoms with Crippen molar-refractivity contribution < 1.29 is 4.74 Å². The van der Waals surface area contributed by atoms with E-state index in [1.165, 1.54) is 19.3 Å². The van der Waals surface area contributed by atoms with E-state index in [1.54, 1.807) is 0 Å². The zero-order valence-electron chi connectivity index (χ0n) is 13.4. The van der Waals surface area contributed by atoms with Crippen LogP contribution in [0, 0.1) is 5.92 Å². The Balaban J connectivity index is 1.99. The van der Waals surface area contributed by atoms with E-state index in [2.05, 4.69) is 44.8 Å². The summed E-state index contributed by atoms with van der Waals surface area (Å²) in [6.07, 6.45) is 4.57. The summed E-state index contributed by atoms with van der Waals surface area (Å²) in [5, 5.41) is 3.76. The van der Waals surface area contributed by atoms with Crippen LogP contribution < -0.4 is 5.32 Å². The maximum Gasteiger partial charge on any atom is 0.0706 e. The van der Waals surface area contributed by atoms with E-state index in [9.17, 15) is 0 Å². The van der Waals surface area contributed by atoms with Crippen LogP contribution in [0.5, 0.6) is 0 Å². The van der Waals surface area contributed by atoms with Gasteiger partial charge < -0.3 is 10.1 Å². The molecule has 0 aromatic heterocycles. The van der Waals surface area contributed by atoms with Crippen LogP contribution in [-0.2, 0) is 4.74 Å². The summed E-state index contributed by atoms with van der Waals surface area (Å²) in [5.41, 5.74) is 0.273. The molecule has 112 valence electrons. The molecule has 0 aromatic rings. The fourth-order valence-corrected chi connectivity index (χ4v) is 3.48. The van der Waals surface area contributed by atoms with Crippen molar-refractivity contribution >= 4 is 0 Å². The van der Waals surface area contributed by atoms with Crippen molar-refractivity contribution in [3.05, 3.63) is 0 Å². The van der Waals surface area contributed by atoms with Gasteiger partial charge in [0.25, 0.3) is 0 Å². The molecule has 3 heteroatoms. The standard InChI is InChI=1S/C16H32N2O/c1-6-16(5)11-18(15(9-17-16)12(2)3)10-14-8-7-13(4)19-14/h12-15,17H,6-11H2,1-5H3. The molecule has 2 rings (SSSR count). The molecular weight excluding hydrogens is 236 g/mol. The zero-order chi connectivity index (χ0) is 14.0. The smallest absolute Gasteiger partial charge is 0.0706 e. The topological polar surface area (TPSA) is 24.5 Å². The van der Waals surface area contributed by atoms with Gasteiger partial charge in [0, 0.05) is 31.2 Å². The first-order valence-corrected chi connectivity index (χ1v) is 8.08. The Morgan fingerprint density at radius 1 is 1.37 bits per heavy atom. The highest BCUT2D eigenvalue weighted by Crippen LogP contribution is 2.26. The summed E-state index contributed by atoms with van der Waals surface area (Å²) < 4.78 is 6.03. The third-order valence-electron chi connectivity index (χ3n) is 5.07. The molecule has 0 saturated carbocycles. The van der Waals surface area contributed by atoms with Crippen LogP contribution in [0.3, 0.4) is 0 Å². The summed E-state index contributed by atoms with van der Waals surface area (Å²) in [7, 11) is 0. The number of nitrogens with zero attached hydrogens (tertiary/aromatic N) is 1. The first kappa shape index (κ1) is 15.3. The van der Waals surface area contributed by atoms with E-state index in [1.807, 2.05) is 0 Å². The molecule has 2 aliphatic heterocycles. The van der Waals surface area contributed by atoms with Gasteiger partial charge in [-0.05, 0) is 39.0 Å². The molecule has 2 aliphatic rings. The zero-order valence-corrected chi connectivity index (χ0v) is 13.4. The van der Waals surface area contributed by atoms with E-state index in [4.69, 9.17) is 4.74 Å². The molecule has 0 spiro atoms. The van der Waals surface area contributed by atoms with Gasteiger partial charge in [-0.2, -0.15) is 0 Å². The van der Waals surface area contributed by atoms with Gasteiger partial charge in [-0.25, -0.2) is 0 Å². The molecule has 3 nitrogen and oxygen atoms in total. The normalized spacial score (nSPS) is 41.1. The van der Waals surface area contributed by atoms with Gasteiger partial charge in [0.15, 0.2) is 0 Å². The monoisotopic (exact) mass is 268 g/mol. The van der Waals surface area contributed by atoms with Crippen molar-refractivity contribution in [2.24, 2.45) is 5.92 Å². The van der Waals surface area contributed by atoms with Crippen molar-refractivity contribution in [1.29, 1.82) is 0 Å². The molecule has 0 amide bonds. The Morgan fingerprint density at radius 3 is 2.63 bits per heavy atom. The fourth-order valence-electron chi connectivity index (χ4n) is 3.48. The fraction of sp³-hybridized carbons (Fsp3) is 1.00. The number of hydrogen-bond acceptors (Lipinski definition) is 3. The molecule has 0 aromatic carbocycles. The van der Waals surface area contributed by atoms with Gasteiger partial charge in [-0.15, -0.1) is 0 Å². The highest BCUT2D eigenvalue weighted by Gasteiger charge is 2.37. The Labute approximate surface area is 119 Å². The predicted molar refractivity (Wildman–Crippen MR) is 80.5 cm³/mol. The van der Waals surface area contributed by atoms with Crippen molar-refractivity contribution in [2.45, 2.75) is 77.7 Å². The van der Waals surface area contributed by atoms with Gasteiger partial charge >= 0.3 is 0 Å². The number of piperazine rings is 1. The molecule has 4 atom stereocenters. The lowest BCUT2D eigenvalue weighted by atomic mass is 9.89. The van der Waals surface area contributed by atoms with E-state index >= 15 is 0 Å². The summed E-state index contributed by atoms with van der Waals surface area (Å²) in [5.74, 6) is 0.702. The highest BCUT2D eigenvalue weighted by molar-refractivity contribution is 4.96. The third-order valence-corrected chi connectivity index (χ3v) is 5.07. The van der Waals surface area contributed by atoms with Gasteiger partial charge in [0.05, 0.1) is 12.2 Å². The second kappa shape index (κ2) is 6.11. The van der Waals surface area contributed by atoms with Crippen LogP contribution in [0.15, 0.2) is 0 Å². The summed E-state index contributed by atoms with van der Waals surface area (Å²) in [6.45, 7) is 14.9. The van der Waals surface area contributed by atoms with Crippen LogP contribution in [0.1, 0.15) is 53.9 Å². The van der Waals surface area contributed by atoms with E-state index in [-0.39, 0.29) is 5.54 Å². The van der Waals surface area contributed by atoms with Crippen molar-refractivity contribution in [3.63, 3.8) is 0 Å². The predicted octanol–water partition coefficient (Wildman–Crippen LogP) is 2.65. The lowest BCUT2D eigenvalue weighted by Gasteiger charge is -2.48. The van der Waals surface area contributed by atoms with Crippen molar-refractivity contribution in [2.75, 3.05) is 19.6 Å². The SMILES string of the molecule is CCC1(C)CN(CC2CCC(C)O2)C(C(C)C)CN1. The van der Waals surface area contributed by atoms with E-state index < -0.39 is 0 Å². The Bertz CT molecular complexity index is 294. The van der Waals surface area contributed by atoms with E-state index in [0.29, 0.717) is 24.2 Å². The second-order valence-electron chi connectivity index (χ2n) is 7.18. The molecule has 2 saturated heterocycles. The van der Waals surface area contributed by atoms with Gasteiger partial charge in [-0.1, -0.05) is 20.8 Å². The van der Waals surface area contributed by atoms with Gasteiger partial charge in [-0.3, -0.25) is 4.90 Å². The molecule has 4 unspecified atom stereocenters. The minimum Gasteiger partial charge on any atom is -0.374 e. The largest absolute Gasteiger partial charge is 0.374 e. The Morgan fingerprint density at radius 2 is 2.11 bits per heavy atom. The maximum absolute atomic E-state index is 6.03. The quantitative estimate of drug-likeness (QED) is 0.848. The van der Waals surface area contributed by atoms with Crippen LogP contribution in [0.2, 0.25) is 0 Å². The molecule has 2 heterocycles. The first-order valence-electron chi connectivity index (χ1n) is 8.08. The average Bonchev–Trinajstić information content (AvgIpc) is 2.74. The molecule has 0 bridgehead atoms. The van der Waals surface area contributed by atoms with Crippen LogP contribution >= 0.6 is 0 Å². The van der Waals surface area contributed by atoms with Gasteiger partial charge in [0.2, 0.25) is 0 Å². The Hall–Kier alpha value is -0.120. The number of ether oxygens (including phenoxy) is 1. The Kier molecular flexibility index (Phi) is 4.91. The van der Waals surface area contributed by atoms with Crippen molar-refractivity contribution in [1.82, 2.24) is 10.2 Å². The number of hydrogen-bond donors (Lipinski definition) is 1. The highest BCUT2D eigenvalue weighted by atomic mass is 16.5. The summed E-state index contributed by atoms with van der Waals surface area (Å²) >= 11 is 0. The molecule has 1 N–H and O–H groups in total. The van der Waals surface area contributed by atoms with E-state index in [0.717, 1.165) is 19.6 Å². The molecule has 19 heavy (non-hydrogen) atoms. The first-order chi connectivity index (χ1) is 8.93. The minimum absolute atomic E-state index is 0.273. The minimum atomic E-state index is 0.273. The van der Waals surface area contributed by atoms with Gasteiger partial charge in [0.1, 0.15) is 0 Å². The van der Waals surface area contributed by atoms with Crippen molar-refractivity contribution in [3.8, 4) is 0 Å². The third kappa shape index (κ3) is 3.71. The number of nitrogens with one attached hydrogen (secondary N) is 1. The van der Waals surface area contributed by atoms with Crippen LogP contribution in [0.4, 0.5) is 0 Å². The molecule has 0 aliphatic carbocycles. The molecular formula is C16H32N2O. The lowest BCUT2D eigenvalue weighted by molar-refractivity contribution is -0.00924. The summed E-state index contributed by atoms with van der Waals surface area (Å²) in [6, 6.07) is 0.652. The molecule has 0 radical (unpaired) electrons. The average molecular weight is 268 g/mol.